The summed E-state index contributed by atoms with van der Waals surface area (Å²) in [5.41, 5.74) is 1.28. The van der Waals surface area contributed by atoms with Crippen molar-refractivity contribution >= 4 is 17.6 Å². The van der Waals surface area contributed by atoms with Gasteiger partial charge in [-0.2, -0.15) is 0 Å². The maximum absolute atomic E-state index is 12.6. The van der Waals surface area contributed by atoms with E-state index in [9.17, 15) is 9.59 Å². The first-order chi connectivity index (χ1) is 13.7. The number of nitrogens with zero attached hydrogens (tertiary/aromatic N) is 3. The number of hydrogen-bond acceptors (Lipinski definition) is 6. The van der Waals surface area contributed by atoms with Crippen LogP contribution in [0.25, 0.3) is 0 Å². The summed E-state index contributed by atoms with van der Waals surface area (Å²) in [6, 6.07) is 5.47. The van der Waals surface area contributed by atoms with Crippen molar-refractivity contribution in [3.05, 3.63) is 41.7 Å². The number of urea groups is 1. The molecule has 8 heteroatoms. The number of amides is 3. The third kappa shape index (κ3) is 3.44. The SMILES string of the molecule is CC[C@@]1(C)NC(=O)N(c2cnc(Oc3cccc4c3CC(C)(C)OC4)nc2)C1=O. The van der Waals surface area contributed by atoms with Gasteiger partial charge in [0.1, 0.15) is 11.3 Å². The Bertz CT molecular complexity index is 973. The number of hydrogen-bond donors (Lipinski definition) is 1. The lowest BCUT2D eigenvalue weighted by atomic mass is 9.91. The predicted molar refractivity (Wildman–Crippen MR) is 106 cm³/mol. The van der Waals surface area contributed by atoms with Gasteiger partial charge in [-0.05, 0) is 38.8 Å². The lowest BCUT2D eigenvalue weighted by Crippen LogP contribution is -2.43. The number of nitrogens with one attached hydrogen (secondary N) is 1. The van der Waals surface area contributed by atoms with E-state index in [-0.39, 0.29) is 17.5 Å². The Morgan fingerprint density at radius 2 is 1.93 bits per heavy atom. The van der Waals surface area contributed by atoms with E-state index < -0.39 is 11.6 Å². The van der Waals surface area contributed by atoms with Crippen LogP contribution < -0.4 is 15.0 Å². The molecule has 1 saturated heterocycles. The molecule has 1 atom stereocenters. The van der Waals surface area contributed by atoms with E-state index in [4.69, 9.17) is 9.47 Å². The maximum Gasteiger partial charge on any atom is 0.329 e. The molecular weight excluding hydrogens is 372 g/mol. The van der Waals surface area contributed by atoms with Crippen molar-refractivity contribution in [1.29, 1.82) is 0 Å². The normalized spacial score (nSPS) is 23.0. The Morgan fingerprint density at radius 3 is 2.59 bits per heavy atom. The van der Waals surface area contributed by atoms with Gasteiger partial charge in [0, 0.05) is 12.0 Å². The van der Waals surface area contributed by atoms with Crippen LogP contribution in [0.2, 0.25) is 0 Å². The minimum atomic E-state index is -0.912. The molecule has 3 heterocycles. The molecule has 3 amide bonds. The second-order valence-corrected chi connectivity index (χ2v) is 8.20. The summed E-state index contributed by atoms with van der Waals surface area (Å²) < 4.78 is 11.8. The van der Waals surface area contributed by atoms with Crippen LogP contribution in [0.15, 0.2) is 30.6 Å². The molecule has 8 nitrogen and oxygen atoms in total. The zero-order valence-electron chi connectivity index (χ0n) is 17.0. The van der Waals surface area contributed by atoms with Crippen LogP contribution in [-0.4, -0.2) is 33.0 Å². The number of rotatable bonds is 4. The Balaban J connectivity index is 1.56. The first-order valence-corrected chi connectivity index (χ1v) is 9.64. The highest BCUT2D eigenvalue weighted by atomic mass is 16.5. The van der Waals surface area contributed by atoms with Gasteiger partial charge in [-0.1, -0.05) is 19.1 Å². The Hall–Kier alpha value is -3.00. The van der Waals surface area contributed by atoms with Crippen molar-refractivity contribution in [1.82, 2.24) is 15.3 Å². The minimum absolute atomic E-state index is 0.150. The molecule has 2 aromatic rings. The Labute approximate surface area is 169 Å². The predicted octanol–water partition coefficient (Wildman–Crippen LogP) is 3.35. The number of carbonyl (C=O) groups is 2. The van der Waals surface area contributed by atoms with Gasteiger partial charge in [0.2, 0.25) is 0 Å². The van der Waals surface area contributed by atoms with Crippen molar-refractivity contribution in [3.63, 3.8) is 0 Å². The van der Waals surface area contributed by atoms with Gasteiger partial charge in [0.25, 0.3) is 5.91 Å². The third-order valence-corrected chi connectivity index (χ3v) is 5.49. The van der Waals surface area contributed by atoms with Crippen LogP contribution in [0, 0.1) is 0 Å². The summed E-state index contributed by atoms with van der Waals surface area (Å²) in [5.74, 6) is 0.363. The van der Waals surface area contributed by atoms with E-state index >= 15 is 0 Å². The van der Waals surface area contributed by atoms with E-state index in [1.54, 1.807) is 6.92 Å². The summed E-state index contributed by atoms with van der Waals surface area (Å²) in [6.07, 6.45) is 4.05. The fourth-order valence-electron chi connectivity index (χ4n) is 3.53. The van der Waals surface area contributed by atoms with Gasteiger partial charge in [0.15, 0.2) is 0 Å². The van der Waals surface area contributed by atoms with Crippen LogP contribution in [0.1, 0.15) is 45.2 Å². The van der Waals surface area contributed by atoms with Crippen LogP contribution in [0.3, 0.4) is 0 Å². The van der Waals surface area contributed by atoms with Crippen LogP contribution >= 0.6 is 0 Å². The molecule has 1 N–H and O–H groups in total. The van der Waals surface area contributed by atoms with E-state index in [1.165, 1.54) is 12.4 Å². The van der Waals surface area contributed by atoms with Crippen LogP contribution in [-0.2, 0) is 22.6 Å². The zero-order chi connectivity index (χ0) is 20.8. The number of aromatic nitrogens is 2. The lowest BCUT2D eigenvalue weighted by Gasteiger charge is -2.32. The van der Waals surface area contributed by atoms with Crippen molar-refractivity contribution in [2.75, 3.05) is 4.90 Å². The molecular formula is C21H24N4O4. The monoisotopic (exact) mass is 396 g/mol. The first-order valence-electron chi connectivity index (χ1n) is 9.64. The summed E-state index contributed by atoms with van der Waals surface area (Å²) in [7, 11) is 0. The van der Waals surface area contributed by atoms with Crippen LogP contribution in [0.5, 0.6) is 11.8 Å². The molecule has 1 aromatic heterocycles. The smallest absolute Gasteiger partial charge is 0.329 e. The fourth-order valence-corrected chi connectivity index (χ4v) is 3.53. The fraction of sp³-hybridized carbons (Fsp3) is 0.429. The molecule has 0 bridgehead atoms. The highest BCUT2D eigenvalue weighted by Crippen LogP contribution is 2.35. The number of benzene rings is 1. The number of imide groups is 1. The molecule has 2 aliphatic rings. The number of carbonyl (C=O) groups excluding carboxylic acids is 2. The molecule has 1 fully saturated rings. The van der Waals surface area contributed by atoms with Crippen molar-refractivity contribution < 1.29 is 19.1 Å². The number of anilines is 1. The van der Waals surface area contributed by atoms with Gasteiger partial charge in [-0.3, -0.25) is 4.79 Å². The third-order valence-electron chi connectivity index (χ3n) is 5.49. The highest BCUT2D eigenvalue weighted by Gasteiger charge is 2.47. The highest BCUT2D eigenvalue weighted by molar-refractivity contribution is 6.23. The molecule has 2 aliphatic heterocycles. The molecule has 0 aliphatic carbocycles. The summed E-state index contributed by atoms with van der Waals surface area (Å²) in [5, 5.41) is 2.71. The molecule has 1 aromatic carbocycles. The second-order valence-electron chi connectivity index (χ2n) is 8.20. The number of fused-ring (bicyclic) bond motifs is 1. The standard InChI is InChI=1S/C21H24N4O4/c1-5-21(4)17(26)25(19(27)24-21)14-10-22-18(23-11-14)29-16-8-6-7-13-12-28-20(2,3)9-15(13)16/h6-8,10-11H,5,9,12H2,1-4H3,(H,24,27)/t21-/m1/s1. The summed E-state index contributed by atoms with van der Waals surface area (Å²) in [4.78, 5) is 34.3. The summed E-state index contributed by atoms with van der Waals surface area (Å²) in [6.45, 7) is 8.17. The molecule has 0 spiro atoms. The maximum atomic E-state index is 12.6. The average Bonchev–Trinajstić information content (AvgIpc) is 2.92. The summed E-state index contributed by atoms with van der Waals surface area (Å²) >= 11 is 0. The van der Waals surface area contributed by atoms with Crippen molar-refractivity contribution in [2.24, 2.45) is 0 Å². The van der Waals surface area contributed by atoms with E-state index in [0.29, 0.717) is 30.9 Å². The lowest BCUT2D eigenvalue weighted by molar-refractivity contribution is -0.121. The molecule has 0 radical (unpaired) electrons. The van der Waals surface area contributed by atoms with Crippen molar-refractivity contribution in [3.8, 4) is 11.8 Å². The molecule has 0 saturated carbocycles. The van der Waals surface area contributed by atoms with Gasteiger partial charge in [-0.25, -0.2) is 19.7 Å². The van der Waals surface area contributed by atoms with Crippen LogP contribution in [0.4, 0.5) is 10.5 Å². The topological polar surface area (TPSA) is 93.7 Å². The minimum Gasteiger partial charge on any atom is -0.424 e. The van der Waals surface area contributed by atoms with Gasteiger partial charge < -0.3 is 14.8 Å². The van der Waals surface area contributed by atoms with Gasteiger partial charge in [-0.15, -0.1) is 0 Å². The van der Waals surface area contributed by atoms with Crippen molar-refractivity contribution in [2.45, 2.75) is 58.3 Å². The van der Waals surface area contributed by atoms with E-state index in [1.807, 2.05) is 39.0 Å². The average molecular weight is 396 g/mol. The van der Waals surface area contributed by atoms with E-state index in [2.05, 4.69) is 15.3 Å². The quantitative estimate of drug-likeness (QED) is 0.797. The Kier molecular flexibility index (Phi) is 4.53. The number of ether oxygens (including phenoxy) is 2. The largest absolute Gasteiger partial charge is 0.424 e. The Morgan fingerprint density at radius 1 is 1.21 bits per heavy atom. The molecule has 0 unspecified atom stereocenters. The first kappa shape index (κ1) is 19.3. The molecule has 152 valence electrons. The second kappa shape index (κ2) is 6.81. The van der Waals surface area contributed by atoms with E-state index in [0.717, 1.165) is 16.0 Å². The molecule has 29 heavy (non-hydrogen) atoms. The zero-order valence-corrected chi connectivity index (χ0v) is 17.0. The van der Waals surface area contributed by atoms with Gasteiger partial charge >= 0.3 is 12.0 Å². The molecule has 4 rings (SSSR count). The van der Waals surface area contributed by atoms with Gasteiger partial charge in [0.05, 0.1) is 30.3 Å².